The minimum atomic E-state index is -0.316. The zero-order chi connectivity index (χ0) is 17.6. The number of rotatable bonds is 4. The van der Waals surface area contributed by atoms with E-state index in [0.29, 0.717) is 11.5 Å². The van der Waals surface area contributed by atoms with E-state index in [2.05, 4.69) is 25.5 Å². The number of carbonyl (C=O) groups excluding carboxylic acids is 1. The molecule has 0 atom stereocenters. The van der Waals surface area contributed by atoms with E-state index in [4.69, 9.17) is 0 Å². The summed E-state index contributed by atoms with van der Waals surface area (Å²) in [6.07, 6.45) is 5.27. The Kier molecular flexibility index (Phi) is 5.33. The molecule has 1 aromatic carbocycles. The standard InChI is InChI=1S/C18H24N6O/c1-23(2)16-15(21-18(25)20-14-9-5-3-6-10-14)13-19-17(22-16)24-11-7-4-8-12-24/h3,5-6,9-10,13H,4,7-8,11-12H2,1-2H3,(H2,20,21,25). The van der Waals surface area contributed by atoms with Gasteiger partial charge in [-0.15, -0.1) is 0 Å². The molecule has 3 rings (SSSR count). The van der Waals surface area contributed by atoms with Gasteiger partial charge in [0.15, 0.2) is 5.82 Å². The first-order valence-corrected chi connectivity index (χ1v) is 8.56. The van der Waals surface area contributed by atoms with Crippen LogP contribution in [0, 0.1) is 0 Å². The maximum atomic E-state index is 12.2. The number of hydrogen-bond donors (Lipinski definition) is 2. The summed E-state index contributed by atoms with van der Waals surface area (Å²) in [6, 6.07) is 9.00. The molecule has 1 saturated heterocycles. The second kappa shape index (κ2) is 7.83. The molecule has 1 aliphatic heterocycles. The Hall–Kier alpha value is -2.83. The fourth-order valence-corrected chi connectivity index (χ4v) is 2.85. The molecule has 0 radical (unpaired) electrons. The maximum Gasteiger partial charge on any atom is 0.323 e. The molecule has 2 heterocycles. The van der Waals surface area contributed by atoms with Gasteiger partial charge in [0, 0.05) is 32.9 Å². The van der Waals surface area contributed by atoms with E-state index in [9.17, 15) is 4.79 Å². The van der Waals surface area contributed by atoms with Gasteiger partial charge >= 0.3 is 6.03 Å². The number of urea groups is 1. The number of carbonyl (C=O) groups is 1. The molecule has 1 aliphatic rings. The van der Waals surface area contributed by atoms with Crippen molar-refractivity contribution in [3.05, 3.63) is 36.5 Å². The lowest BCUT2D eigenvalue weighted by atomic mass is 10.1. The third-order valence-corrected chi connectivity index (χ3v) is 4.10. The van der Waals surface area contributed by atoms with Crippen molar-refractivity contribution in [1.29, 1.82) is 0 Å². The van der Waals surface area contributed by atoms with Crippen molar-refractivity contribution in [3.8, 4) is 0 Å². The third-order valence-electron chi connectivity index (χ3n) is 4.10. The van der Waals surface area contributed by atoms with E-state index in [1.807, 2.05) is 49.3 Å². The SMILES string of the molecule is CN(C)c1nc(N2CCCCC2)ncc1NC(=O)Nc1ccccc1. The van der Waals surface area contributed by atoms with Crippen molar-refractivity contribution in [2.75, 3.05) is 47.6 Å². The summed E-state index contributed by atoms with van der Waals surface area (Å²) in [4.78, 5) is 25.4. The van der Waals surface area contributed by atoms with Crippen molar-refractivity contribution in [2.45, 2.75) is 19.3 Å². The van der Waals surface area contributed by atoms with Crippen LogP contribution in [-0.2, 0) is 0 Å². The lowest BCUT2D eigenvalue weighted by molar-refractivity contribution is 0.262. The fourth-order valence-electron chi connectivity index (χ4n) is 2.85. The van der Waals surface area contributed by atoms with Crippen molar-refractivity contribution < 1.29 is 4.79 Å². The summed E-state index contributed by atoms with van der Waals surface area (Å²) in [5.41, 5.74) is 1.32. The minimum Gasteiger partial charge on any atom is -0.361 e. The van der Waals surface area contributed by atoms with E-state index in [1.165, 1.54) is 19.3 Å². The van der Waals surface area contributed by atoms with E-state index < -0.39 is 0 Å². The lowest BCUT2D eigenvalue weighted by Crippen LogP contribution is -2.31. The average Bonchev–Trinajstić information content (AvgIpc) is 2.63. The smallest absolute Gasteiger partial charge is 0.323 e. The number of anilines is 4. The summed E-state index contributed by atoms with van der Waals surface area (Å²) in [7, 11) is 3.81. The third kappa shape index (κ3) is 4.37. The monoisotopic (exact) mass is 340 g/mol. The molecule has 0 unspecified atom stereocenters. The number of amides is 2. The van der Waals surface area contributed by atoms with Crippen LogP contribution in [0.15, 0.2) is 36.5 Å². The van der Waals surface area contributed by atoms with Gasteiger partial charge in [0.1, 0.15) is 5.69 Å². The highest BCUT2D eigenvalue weighted by molar-refractivity contribution is 6.01. The summed E-state index contributed by atoms with van der Waals surface area (Å²) >= 11 is 0. The van der Waals surface area contributed by atoms with Crippen molar-refractivity contribution in [3.63, 3.8) is 0 Å². The van der Waals surface area contributed by atoms with Crippen LogP contribution >= 0.6 is 0 Å². The molecule has 132 valence electrons. The molecular weight excluding hydrogens is 316 g/mol. The second-order valence-corrected chi connectivity index (χ2v) is 6.29. The van der Waals surface area contributed by atoms with Crippen molar-refractivity contribution >= 4 is 29.2 Å². The van der Waals surface area contributed by atoms with Gasteiger partial charge in [-0.1, -0.05) is 18.2 Å². The number of para-hydroxylation sites is 1. The van der Waals surface area contributed by atoms with Gasteiger partial charge in [-0.25, -0.2) is 9.78 Å². The molecular formula is C18H24N6O. The van der Waals surface area contributed by atoms with Crippen LogP contribution in [0.5, 0.6) is 0 Å². The predicted octanol–water partition coefficient (Wildman–Crippen LogP) is 3.18. The molecule has 0 saturated carbocycles. The summed E-state index contributed by atoms with van der Waals surface area (Å²) in [5, 5.41) is 5.64. The van der Waals surface area contributed by atoms with Crippen LogP contribution in [0.4, 0.5) is 27.9 Å². The van der Waals surface area contributed by atoms with Gasteiger partial charge in [-0.2, -0.15) is 4.98 Å². The Bertz CT molecular complexity index is 713. The Morgan fingerprint density at radius 1 is 1.08 bits per heavy atom. The Morgan fingerprint density at radius 2 is 1.80 bits per heavy atom. The largest absolute Gasteiger partial charge is 0.361 e. The second-order valence-electron chi connectivity index (χ2n) is 6.29. The number of piperidine rings is 1. The Labute approximate surface area is 148 Å². The zero-order valence-corrected chi connectivity index (χ0v) is 14.7. The van der Waals surface area contributed by atoms with Crippen LogP contribution < -0.4 is 20.4 Å². The average molecular weight is 340 g/mol. The van der Waals surface area contributed by atoms with Crippen LogP contribution in [0.3, 0.4) is 0 Å². The van der Waals surface area contributed by atoms with E-state index in [-0.39, 0.29) is 6.03 Å². The highest BCUT2D eigenvalue weighted by Gasteiger charge is 2.17. The molecule has 25 heavy (non-hydrogen) atoms. The molecule has 0 spiro atoms. The summed E-state index contributed by atoms with van der Waals surface area (Å²) in [6.45, 7) is 1.96. The van der Waals surface area contributed by atoms with Crippen molar-refractivity contribution in [2.24, 2.45) is 0 Å². The zero-order valence-electron chi connectivity index (χ0n) is 14.7. The number of aromatic nitrogens is 2. The van der Waals surface area contributed by atoms with Crippen LogP contribution in [0.2, 0.25) is 0 Å². The first kappa shape index (κ1) is 17.0. The minimum absolute atomic E-state index is 0.316. The maximum absolute atomic E-state index is 12.2. The van der Waals surface area contributed by atoms with Crippen LogP contribution in [0.1, 0.15) is 19.3 Å². The van der Waals surface area contributed by atoms with E-state index in [0.717, 1.165) is 24.7 Å². The Balaban J connectivity index is 1.74. The molecule has 2 N–H and O–H groups in total. The van der Waals surface area contributed by atoms with E-state index in [1.54, 1.807) is 6.20 Å². The highest BCUT2D eigenvalue weighted by Crippen LogP contribution is 2.25. The first-order valence-electron chi connectivity index (χ1n) is 8.56. The van der Waals surface area contributed by atoms with Gasteiger partial charge in [0.05, 0.1) is 6.20 Å². The van der Waals surface area contributed by atoms with Crippen LogP contribution in [0.25, 0.3) is 0 Å². The fraction of sp³-hybridized carbons (Fsp3) is 0.389. The van der Waals surface area contributed by atoms with Crippen LogP contribution in [-0.4, -0.2) is 43.2 Å². The van der Waals surface area contributed by atoms with Gasteiger partial charge in [0.25, 0.3) is 0 Å². The van der Waals surface area contributed by atoms with Gasteiger partial charge in [0.2, 0.25) is 5.95 Å². The number of nitrogens with one attached hydrogen (secondary N) is 2. The molecule has 0 aliphatic carbocycles. The lowest BCUT2D eigenvalue weighted by Gasteiger charge is -2.28. The molecule has 7 nitrogen and oxygen atoms in total. The van der Waals surface area contributed by atoms with Gasteiger partial charge in [-0.3, -0.25) is 0 Å². The first-order chi connectivity index (χ1) is 12.1. The summed E-state index contributed by atoms with van der Waals surface area (Å²) < 4.78 is 0. The Morgan fingerprint density at radius 3 is 2.48 bits per heavy atom. The summed E-state index contributed by atoms with van der Waals surface area (Å²) in [5.74, 6) is 1.41. The van der Waals surface area contributed by atoms with Gasteiger partial charge < -0.3 is 20.4 Å². The normalized spacial score (nSPS) is 14.1. The van der Waals surface area contributed by atoms with E-state index >= 15 is 0 Å². The molecule has 2 aromatic rings. The number of benzene rings is 1. The topological polar surface area (TPSA) is 73.4 Å². The van der Waals surface area contributed by atoms with Gasteiger partial charge in [-0.05, 0) is 31.4 Å². The molecule has 0 bridgehead atoms. The molecule has 1 aromatic heterocycles. The number of nitrogens with zero attached hydrogens (tertiary/aromatic N) is 4. The quantitative estimate of drug-likeness (QED) is 0.894. The predicted molar refractivity (Wildman–Crippen MR) is 102 cm³/mol. The highest BCUT2D eigenvalue weighted by atomic mass is 16.2. The molecule has 7 heteroatoms. The van der Waals surface area contributed by atoms with Crippen molar-refractivity contribution in [1.82, 2.24) is 9.97 Å². The molecule has 2 amide bonds. The number of hydrogen-bond acceptors (Lipinski definition) is 5. The molecule has 1 fully saturated rings.